The summed E-state index contributed by atoms with van der Waals surface area (Å²) in [4.78, 5) is -0.548. The standard InChI is InChI=1S/C17H14ClF3N2O2S/c1-12-3-5-13(6-4-12)23(10-2-9-22)26(24,25)14-7-8-16(18)15(11-14)17(19,20)21/h3-8,11H,2,10H2,1H3. The molecule has 0 bridgehead atoms. The molecule has 9 heteroatoms. The molecule has 2 aromatic carbocycles. The Kier molecular flexibility index (Phi) is 5.84. The van der Waals surface area contributed by atoms with Gasteiger partial charge in [0.25, 0.3) is 10.0 Å². The molecule has 26 heavy (non-hydrogen) atoms. The summed E-state index contributed by atoms with van der Waals surface area (Å²) in [6.45, 7) is 1.62. The second-order valence-corrected chi connectivity index (χ2v) is 7.73. The number of sulfonamides is 1. The van der Waals surface area contributed by atoms with Gasteiger partial charge in [-0.05, 0) is 37.3 Å². The fraction of sp³-hybridized carbons (Fsp3) is 0.235. The molecular weight excluding hydrogens is 389 g/mol. The van der Waals surface area contributed by atoms with Gasteiger partial charge in [0.1, 0.15) is 0 Å². The zero-order valence-electron chi connectivity index (χ0n) is 13.6. The predicted octanol–water partition coefficient (Wildman–Crippen LogP) is 4.78. The molecule has 0 saturated heterocycles. The highest BCUT2D eigenvalue weighted by molar-refractivity contribution is 7.92. The van der Waals surface area contributed by atoms with Gasteiger partial charge in [0, 0.05) is 6.54 Å². The summed E-state index contributed by atoms with van der Waals surface area (Å²) in [6.07, 6.45) is -4.91. The Labute approximate surface area is 154 Å². The molecule has 0 spiro atoms. The molecule has 0 amide bonds. The van der Waals surface area contributed by atoms with Crippen LogP contribution in [0.5, 0.6) is 0 Å². The molecule has 0 heterocycles. The number of benzene rings is 2. The molecule has 0 aliphatic rings. The normalized spacial score (nSPS) is 11.8. The lowest BCUT2D eigenvalue weighted by Gasteiger charge is -2.24. The van der Waals surface area contributed by atoms with Gasteiger partial charge in [-0.2, -0.15) is 18.4 Å². The third kappa shape index (κ3) is 4.29. The van der Waals surface area contributed by atoms with Crippen molar-refractivity contribution in [1.29, 1.82) is 5.26 Å². The van der Waals surface area contributed by atoms with Crippen LogP contribution in [0.4, 0.5) is 18.9 Å². The van der Waals surface area contributed by atoms with Crippen molar-refractivity contribution in [3.63, 3.8) is 0 Å². The molecule has 0 aliphatic carbocycles. The second-order valence-electron chi connectivity index (χ2n) is 5.46. The summed E-state index contributed by atoms with van der Waals surface area (Å²) in [5.41, 5.74) is -0.0871. The van der Waals surface area contributed by atoms with Gasteiger partial charge in [-0.15, -0.1) is 0 Å². The average molecular weight is 403 g/mol. The van der Waals surface area contributed by atoms with E-state index in [0.29, 0.717) is 6.07 Å². The van der Waals surface area contributed by atoms with Crippen molar-refractivity contribution in [2.75, 3.05) is 10.8 Å². The van der Waals surface area contributed by atoms with Crippen molar-refractivity contribution in [3.05, 3.63) is 58.6 Å². The van der Waals surface area contributed by atoms with Crippen LogP contribution in [0.25, 0.3) is 0 Å². The molecule has 2 aromatic rings. The number of nitriles is 1. The first-order valence-electron chi connectivity index (χ1n) is 7.40. The third-order valence-electron chi connectivity index (χ3n) is 3.58. The Morgan fingerprint density at radius 3 is 2.31 bits per heavy atom. The molecule has 0 aliphatic heterocycles. The highest BCUT2D eigenvalue weighted by Gasteiger charge is 2.35. The van der Waals surface area contributed by atoms with E-state index in [4.69, 9.17) is 16.9 Å². The van der Waals surface area contributed by atoms with Gasteiger partial charge >= 0.3 is 6.18 Å². The number of anilines is 1. The van der Waals surface area contributed by atoms with E-state index < -0.39 is 31.7 Å². The fourth-order valence-corrected chi connectivity index (χ4v) is 3.98. The Hall–Kier alpha value is -2.24. The third-order valence-corrected chi connectivity index (χ3v) is 5.73. The van der Waals surface area contributed by atoms with Crippen LogP contribution in [0.1, 0.15) is 17.5 Å². The molecule has 0 saturated carbocycles. The molecule has 0 radical (unpaired) electrons. The van der Waals surface area contributed by atoms with Crippen molar-refractivity contribution < 1.29 is 21.6 Å². The van der Waals surface area contributed by atoms with Crippen LogP contribution < -0.4 is 4.31 Å². The summed E-state index contributed by atoms with van der Waals surface area (Å²) in [5.74, 6) is 0. The molecular formula is C17H14ClF3N2O2S. The van der Waals surface area contributed by atoms with Crippen LogP contribution in [-0.2, 0) is 16.2 Å². The lowest BCUT2D eigenvalue weighted by molar-refractivity contribution is -0.137. The Balaban J connectivity index is 2.57. The van der Waals surface area contributed by atoms with E-state index in [0.717, 1.165) is 22.0 Å². The molecule has 4 nitrogen and oxygen atoms in total. The lowest BCUT2D eigenvalue weighted by atomic mass is 10.2. The van der Waals surface area contributed by atoms with Gasteiger partial charge in [-0.25, -0.2) is 8.42 Å². The minimum Gasteiger partial charge on any atom is -0.265 e. The molecule has 0 aromatic heterocycles. The molecule has 0 unspecified atom stereocenters. The van der Waals surface area contributed by atoms with Crippen LogP contribution in [0.15, 0.2) is 47.4 Å². The number of hydrogen-bond acceptors (Lipinski definition) is 3. The predicted molar refractivity (Wildman–Crippen MR) is 92.4 cm³/mol. The van der Waals surface area contributed by atoms with E-state index in [2.05, 4.69) is 0 Å². The summed E-state index contributed by atoms with van der Waals surface area (Å²) >= 11 is 5.56. The highest BCUT2D eigenvalue weighted by Crippen LogP contribution is 2.37. The van der Waals surface area contributed by atoms with Crippen LogP contribution in [0, 0.1) is 18.3 Å². The fourth-order valence-electron chi connectivity index (χ4n) is 2.26. The Bertz CT molecular complexity index is 936. The van der Waals surface area contributed by atoms with E-state index in [-0.39, 0.29) is 18.7 Å². The molecule has 0 N–H and O–H groups in total. The number of rotatable bonds is 5. The summed E-state index contributed by atoms with van der Waals surface area (Å²) < 4.78 is 65.9. The maximum atomic E-state index is 13.1. The van der Waals surface area contributed by atoms with E-state index in [1.807, 2.05) is 13.0 Å². The van der Waals surface area contributed by atoms with Gasteiger partial charge < -0.3 is 0 Å². The first kappa shape index (κ1) is 20.1. The number of halogens is 4. The van der Waals surface area contributed by atoms with Crippen LogP contribution in [0.3, 0.4) is 0 Å². The van der Waals surface area contributed by atoms with Gasteiger partial charge in [-0.3, -0.25) is 4.31 Å². The maximum absolute atomic E-state index is 13.1. The lowest BCUT2D eigenvalue weighted by Crippen LogP contribution is -2.32. The highest BCUT2D eigenvalue weighted by atomic mass is 35.5. The summed E-state index contributed by atoms with van der Waals surface area (Å²) in [7, 11) is -4.32. The quantitative estimate of drug-likeness (QED) is 0.723. The molecule has 2 rings (SSSR count). The van der Waals surface area contributed by atoms with Crippen LogP contribution in [-0.4, -0.2) is 15.0 Å². The zero-order valence-corrected chi connectivity index (χ0v) is 15.2. The molecule has 0 fully saturated rings. The van der Waals surface area contributed by atoms with E-state index in [9.17, 15) is 21.6 Å². The summed E-state index contributed by atoms with van der Waals surface area (Å²) in [6, 6.07) is 10.7. The first-order chi connectivity index (χ1) is 12.1. The van der Waals surface area contributed by atoms with Crippen LogP contribution >= 0.6 is 11.6 Å². The smallest absolute Gasteiger partial charge is 0.265 e. The van der Waals surface area contributed by atoms with E-state index >= 15 is 0 Å². The van der Waals surface area contributed by atoms with Crippen molar-refractivity contribution in [1.82, 2.24) is 0 Å². The van der Waals surface area contributed by atoms with Crippen molar-refractivity contribution >= 4 is 27.3 Å². The van der Waals surface area contributed by atoms with Gasteiger partial charge in [0.15, 0.2) is 0 Å². The van der Waals surface area contributed by atoms with Gasteiger partial charge in [0.2, 0.25) is 0 Å². The zero-order chi connectivity index (χ0) is 19.5. The Morgan fingerprint density at radius 2 is 1.77 bits per heavy atom. The Morgan fingerprint density at radius 1 is 1.15 bits per heavy atom. The topological polar surface area (TPSA) is 61.2 Å². The minimum absolute atomic E-state index is 0.118. The van der Waals surface area contributed by atoms with Crippen LogP contribution in [0.2, 0.25) is 5.02 Å². The molecule has 0 atom stereocenters. The SMILES string of the molecule is Cc1ccc(N(CCC#N)S(=O)(=O)c2ccc(Cl)c(C(F)(F)F)c2)cc1. The summed E-state index contributed by atoms with van der Waals surface area (Å²) in [5, 5.41) is 8.20. The first-order valence-corrected chi connectivity index (χ1v) is 9.22. The van der Waals surface area contributed by atoms with E-state index in [1.54, 1.807) is 12.1 Å². The van der Waals surface area contributed by atoms with Crippen molar-refractivity contribution in [2.45, 2.75) is 24.4 Å². The number of alkyl halides is 3. The number of hydrogen-bond donors (Lipinski definition) is 0. The number of nitrogens with zero attached hydrogens (tertiary/aromatic N) is 2. The maximum Gasteiger partial charge on any atom is 0.417 e. The molecule has 138 valence electrons. The van der Waals surface area contributed by atoms with Crippen molar-refractivity contribution in [3.8, 4) is 6.07 Å². The monoisotopic (exact) mass is 402 g/mol. The van der Waals surface area contributed by atoms with Gasteiger partial charge in [-0.1, -0.05) is 29.3 Å². The van der Waals surface area contributed by atoms with E-state index in [1.165, 1.54) is 12.1 Å². The average Bonchev–Trinajstić information content (AvgIpc) is 2.55. The van der Waals surface area contributed by atoms with Gasteiger partial charge in [0.05, 0.1) is 33.7 Å². The minimum atomic E-state index is -4.79. The second kappa shape index (κ2) is 7.56. The van der Waals surface area contributed by atoms with Crippen molar-refractivity contribution in [2.24, 2.45) is 0 Å². The largest absolute Gasteiger partial charge is 0.417 e. The number of aryl methyl sites for hydroxylation is 1.